The van der Waals surface area contributed by atoms with Crippen molar-refractivity contribution in [3.63, 3.8) is 0 Å². The fourth-order valence-corrected chi connectivity index (χ4v) is 2.64. The van der Waals surface area contributed by atoms with E-state index in [0.717, 1.165) is 0 Å². The van der Waals surface area contributed by atoms with Crippen LogP contribution < -0.4 is 5.32 Å². The van der Waals surface area contributed by atoms with Crippen LogP contribution >= 0.6 is 7.14 Å². The second-order valence-electron chi connectivity index (χ2n) is 3.62. The molecule has 2 atom stereocenters. The maximum atomic E-state index is 11.6. The van der Waals surface area contributed by atoms with Crippen LogP contribution in [0.1, 0.15) is 6.42 Å². The summed E-state index contributed by atoms with van der Waals surface area (Å²) in [6.45, 7) is 3.99. The Morgan fingerprint density at radius 3 is 2.42 bits per heavy atom. The van der Waals surface area contributed by atoms with Crippen molar-refractivity contribution >= 4 is 13.1 Å². The average Bonchev–Trinajstić information content (AvgIpc) is 2.30. The zero-order valence-corrected chi connectivity index (χ0v) is 8.17. The first-order valence-electron chi connectivity index (χ1n) is 3.92. The number of carboxylic acid groups (broad SMARTS) is 1. The Morgan fingerprint density at radius 1 is 1.58 bits per heavy atom. The van der Waals surface area contributed by atoms with Crippen LogP contribution in [0.25, 0.3) is 0 Å². The van der Waals surface area contributed by atoms with Crippen molar-refractivity contribution in [1.82, 2.24) is 5.32 Å². The minimum Gasteiger partial charge on any atom is -0.480 e. The Kier molecular flexibility index (Phi) is 2.59. The third kappa shape index (κ3) is 2.08. The number of carboxylic acids is 1. The highest BCUT2D eigenvalue weighted by Gasteiger charge is 2.35. The molecule has 0 radical (unpaired) electrons. The van der Waals surface area contributed by atoms with Crippen molar-refractivity contribution < 1.29 is 14.5 Å². The number of carbonyl (C=O) groups is 1. The van der Waals surface area contributed by atoms with Gasteiger partial charge in [0.25, 0.3) is 0 Å². The number of hydrogen-bond acceptors (Lipinski definition) is 3. The third-order valence-electron chi connectivity index (χ3n) is 2.29. The van der Waals surface area contributed by atoms with Gasteiger partial charge in [-0.05, 0) is 19.8 Å². The highest BCUT2D eigenvalue weighted by molar-refractivity contribution is 7.63. The lowest BCUT2D eigenvalue weighted by atomic mass is 10.2. The van der Waals surface area contributed by atoms with Crippen LogP contribution in [-0.2, 0) is 9.36 Å². The van der Waals surface area contributed by atoms with E-state index < -0.39 is 19.2 Å². The van der Waals surface area contributed by atoms with Crippen molar-refractivity contribution in [3.05, 3.63) is 0 Å². The zero-order valence-electron chi connectivity index (χ0n) is 7.28. The molecule has 5 heteroatoms. The van der Waals surface area contributed by atoms with Crippen molar-refractivity contribution in [3.8, 4) is 0 Å². The van der Waals surface area contributed by atoms with E-state index in [1.54, 1.807) is 13.3 Å². The molecule has 12 heavy (non-hydrogen) atoms. The van der Waals surface area contributed by atoms with Crippen molar-refractivity contribution in [2.75, 3.05) is 19.9 Å². The summed E-state index contributed by atoms with van der Waals surface area (Å²) < 4.78 is 11.6. The molecule has 0 aliphatic carbocycles. The van der Waals surface area contributed by atoms with Crippen LogP contribution in [0, 0.1) is 0 Å². The molecule has 1 aliphatic rings. The molecule has 1 rings (SSSR count). The molecule has 0 amide bonds. The molecule has 0 bridgehead atoms. The van der Waals surface area contributed by atoms with Crippen molar-refractivity contribution in [2.45, 2.75) is 18.1 Å². The van der Waals surface area contributed by atoms with E-state index in [-0.39, 0.29) is 5.66 Å². The van der Waals surface area contributed by atoms with E-state index in [4.69, 9.17) is 5.11 Å². The lowest BCUT2D eigenvalue weighted by Crippen LogP contribution is -2.29. The molecule has 2 N–H and O–H groups in total. The van der Waals surface area contributed by atoms with Crippen LogP contribution in [0.2, 0.25) is 0 Å². The fraction of sp³-hybridized carbons (Fsp3) is 0.857. The van der Waals surface area contributed by atoms with E-state index in [2.05, 4.69) is 5.32 Å². The summed E-state index contributed by atoms with van der Waals surface area (Å²) in [5.74, 6) is -0.842. The van der Waals surface area contributed by atoms with E-state index in [0.29, 0.717) is 13.0 Å². The summed E-state index contributed by atoms with van der Waals surface area (Å²) in [5, 5.41) is 11.5. The SMILES string of the molecule is CP(C)(=O)[C@@H]1CN[C@H](C(=O)O)C1. The van der Waals surface area contributed by atoms with Gasteiger partial charge in [-0.3, -0.25) is 4.79 Å². The van der Waals surface area contributed by atoms with Gasteiger partial charge in [-0.2, -0.15) is 0 Å². The van der Waals surface area contributed by atoms with Crippen molar-refractivity contribution in [1.29, 1.82) is 0 Å². The summed E-state index contributed by atoms with van der Waals surface area (Å²) in [6, 6.07) is -0.497. The molecule has 0 unspecified atom stereocenters. The first-order valence-corrected chi connectivity index (χ1v) is 6.59. The minimum atomic E-state index is -2.12. The van der Waals surface area contributed by atoms with Gasteiger partial charge in [0, 0.05) is 12.2 Å². The predicted octanol–water partition coefficient (Wildman–Crippen LogP) is 0.424. The number of hydrogen-bond donors (Lipinski definition) is 2. The second-order valence-corrected chi connectivity index (χ2v) is 7.22. The molecular formula is C7H14NO3P. The van der Waals surface area contributed by atoms with E-state index in [1.807, 2.05) is 0 Å². The number of aliphatic carboxylic acids is 1. The molecule has 1 fully saturated rings. The van der Waals surface area contributed by atoms with Gasteiger partial charge in [0.15, 0.2) is 0 Å². The van der Waals surface area contributed by atoms with E-state index in [1.165, 1.54) is 0 Å². The molecule has 0 spiro atoms. The van der Waals surface area contributed by atoms with Crippen molar-refractivity contribution in [2.24, 2.45) is 0 Å². The number of rotatable bonds is 2. The minimum absolute atomic E-state index is 0.0404. The van der Waals surface area contributed by atoms with Crippen LogP contribution in [-0.4, -0.2) is 42.7 Å². The maximum absolute atomic E-state index is 11.6. The first kappa shape index (κ1) is 9.75. The van der Waals surface area contributed by atoms with Gasteiger partial charge in [0.1, 0.15) is 6.04 Å². The van der Waals surface area contributed by atoms with Gasteiger partial charge in [0.2, 0.25) is 0 Å². The summed E-state index contributed by atoms with van der Waals surface area (Å²) >= 11 is 0. The largest absolute Gasteiger partial charge is 0.480 e. The molecule has 0 aromatic carbocycles. The molecule has 1 aliphatic heterocycles. The van der Waals surface area contributed by atoms with Gasteiger partial charge in [-0.25, -0.2) is 0 Å². The monoisotopic (exact) mass is 191 g/mol. The predicted molar refractivity (Wildman–Crippen MR) is 47.3 cm³/mol. The Balaban J connectivity index is 2.57. The van der Waals surface area contributed by atoms with Crippen LogP contribution in [0.3, 0.4) is 0 Å². The highest BCUT2D eigenvalue weighted by Crippen LogP contribution is 2.45. The van der Waals surface area contributed by atoms with Gasteiger partial charge in [-0.15, -0.1) is 0 Å². The highest BCUT2D eigenvalue weighted by atomic mass is 31.2. The Morgan fingerprint density at radius 2 is 2.17 bits per heavy atom. The number of nitrogens with one attached hydrogen (secondary N) is 1. The molecule has 0 aromatic heterocycles. The fourth-order valence-electron chi connectivity index (χ4n) is 1.38. The molecule has 1 saturated heterocycles. The quantitative estimate of drug-likeness (QED) is 0.621. The summed E-state index contributed by atoms with van der Waals surface area (Å²) in [4.78, 5) is 10.5. The average molecular weight is 191 g/mol. The van der Waals surface area contributed by atoms with E-state index in [9.17, 15) is 9.36 Å². The van der Waals surface area contributed by atoms with Crippen LogP contribution in [0.4, 0.5) is 0 Å². The zero-order chi connectivity index (χ0) is 9.35. The summed E-state index contributed by atoms with van der Waals surface area (Å²) in [6.07, 6.45) is 0.500. The first-order chi connectivity index (χ1) is 5.41. The lowest BCUT2D eigenvalue weighted by Gasteiger charge is -2.13. The molecular weight excluding hydrogens is 177 g/mol. The molecule has 4 nitrogen and oxygen atoms in total. The molecule has 1 heterocycles. The smallest absolute Gasteiger partial charge is 0.320 e. The lowest BCUT2D eigenvalue weighted by molar-refractivity contribution is -0.139. The second kappa shape index (κ2) is 3.19. The van der Waals surface area contributed by atoms with Gasteiger partial charge < -0.3 is 15.0 Å². The standard InChI is InChI=1S/C7H14NO3P/c1-12(2,11)5-3-6(7(9)10)8-4-5/h5-6,8H,3-4H2,1-2H3,(H,9,10)/t5-,6-/m0/s1. The normalized spacial score (nSPS) is 30.5. The molecule has 0 saturated carbocycles. The van der Waals surface area contributed by atoms with Gasteiger partial charge in [0.05, 0.1) is 7.14 Å². The third-order valence-corrected chi connectivity index (χ3v) is 4.44. The topological polar surface area (TPSA) is 66.4 Å². The molecule has 70 valence electrons. The van der Waals surface area contributed by atoms with Crippen LogP contribution in [0.15, 0.2) is 0 Å². The van der Waals surface area contributed by atoms with Gasteiger partial charge >= 0.3 is 5.97 Å². The van der Waals surface area contributed by atoms with E-state index >= 15 is 0 Å². The maximum Gasteiger partial charge on any atom is 0.320 e. The summed E-state index contributed by atoms with van der Waals surface area (Å²) in [7, 11) is -2.12. The Bertz CT molecular complexity index is 235. The molecule has 0 aromatic rings. The Labute approximate surface area is 71.7 Å². The summed E-state index contributed by atoms with van der Waals surface area (Å²) in [5.41, 5.74) is 0.0404. The Hall–Kier alpha value is -0.340. The van der Waals surface area contributed by atoms with Gasteiger partial charge in [-0.1, -0.05) is 0 Å². The van der Waals surface area contributed by atoms with Crippen LogP contribution in [0.5, 0.6) is 0 Å².